The molecule has 202 valence electrons. The van der Waals surface area contributed by atoms with Gasteiger partial charge in [0, 0.05) is 17.7 Å². The number of nitrogens with one attached hydrogen (secondary N) is 3. The van der Waals surface area contributed by atoms with Crippen LogP contribution in [0.25, 0.3) is 12.3 Å². The molecule has 1 aromatic carbocycles. The molecule has 3 aliphatic rings. The number of aromatic nitrogens is 1. The minimum absolute atomic E-state index is 0.927. The summed E-state index contributed by atoms with van der Waals surface area (Å²) < 4.78 is 0. The molecule has 6 bridgehead atoms. The average molecular weight is 520 g/mol. The van der Waals surface area contributed by atoms with Gasteiger partial charge >= 0.3 is 0 Å². The van der Waals surface area contributed by atoms with Crippen molar-refractivity contribution >= 4 is 35.1 Å². The lowest BCUT2D eigenvalue weighted by Gasteiger charge is -2.13. The first-order valence-electron chi connectivity index (χ1n) is 14.4. The Morgan fingerprint density at radius 1 is 0.615 bits per heavy atom. The van der Waals surface area contributed by atoms with Gasteiger partial charge in [-0.2, -0.15) is 0 Å². The van der Waals surface area contributed by atoms with Gasteiger partial charge in [0.05, 0.1) is 39.5 Å². The van der Waals surface area contributed by atoms with Crippen LogP contribution in [0.4, 0.5) is 11.4 Å². The highest BCUT2D eigenvalue weighted by atomic mass is 15.0. The third-order valence-electron chi connectivity index (χ3n) is 8.40. The summed E-state index contributed by atoms with van der Waals surface area (Å²) in [5.74, 6) is 0. The van der Waals surface area contributed by atoms with E-state index in [0.717, 1.165) is 70.6 Å². The number of nitrogens with zero attached hydrogens (tertiary/aromatic N) is 2. The van der Waals surface area contributed by atoms with E-state index in [1.165, 1.54) is 44.5 Å². The first-order chi connectivity index (χ1) is 18.8. The molecule has 4 heterocycles. The van der Waals surface area contributed by atoms with Crippen molar-refractivity contribution in [2.75, 3.05) is 10.6 Å². The maximum absolute atomic E-state index is 5.20. The highest BCUT2D eigenvalue weighted by Crippen LogP contribution is 2.34. The predicted octanol–water partition coefficient (Wildman–Crippen LogP) is 7.04. The number of anilines is 2. The molecule has 5 heteroatoms. The molecule has 5 rings (SSSR count). The molecule has 0 unspecified atom stereocenters. The lowest BCUT2D eigenvalue weighted by molar-refractivity contribution is 1.05. The SMILES string of the molecule is CCC1=C(C)C2=CNc3cc(C)c(C)cc3NC=c3[nH]c(c(CC)c3C)=CC3=NC(=CC1=N2)C(CC)=C3CC. The van der Waals surface area contributed by atoms with E-state index >= 15 is 0 Å². The first kappa shape index (κ1) is 26.7. The van der Waals surface area contributed by atoms with E-state index in [1.807, 2.05) is 6.20 Å². The standard InChI is InChI=1S/C34H41N5/c1-9-23-21(7)33-17-35-31-13-19(5)20(6)14-32(31)36-18-34-22(8)24(10-2)28(39-34)16-30-26(12-4)25(11-3)29(37-30)15-27(23)38-33/h13-18,35-36,38H,9-12H2,1-8H3. The number of aromatic amines is 1. The molecule has 0 saturated carbocycles. The minimum atomic E-state index is 0.927. The number of allylic oxidation sites excluding steroid dienone is 5. The molecule has 0 radical (unpaired) electrons. The van der Waals surface area contributed by atoms with E-state index in [9.17, 15) is 0 Å². The van der Waals surface area contributed by atoms with Crippen LogP contribution in [0.1, 0.15) is 76.1 Å². The highest BCUT2D eigenvalue weighted by molar-refractivity contribution is 6.24. The second kappa shape index (κ2) is 10.7. The predicted molar refractivity (Wildman–Crippen MR) is 168 cm³/mol. The second-order valence-electron chi connectivity index (χ2n) is 10.6. The number of H-pyrrole nitrogens is 1. The molecule has 39 heavy (non-hydrogen) atoms. The van der Waals surface area contributed by atoms with Gasteiger partial charge in [0.15, 0.2) is 0 Å². The Morgan fingerprint density at radius 2 is 1.21 bits per heavy atom. The zero-order valence-electron chi connectivity index (χ0n) is 24.7. The Labute approximate surface area is 232 Å². The van der Waals surface area contributed by atoms with Gasteiger partial charge in [-0.3, -0.25) is 0 Å². The highest BCUT2D eigenvalue weighted by Gasteiger charge is 2.24. The summed E-state index contributed by atoms with van der Waals surface area (Å²) >= 11 is 0. The zero-order chi connectivity index (χ0) is 27.8. The fourth-order valence-electron chi connectivity index (χ4n) is 5.95. The number of rotatable bonds is 4. The van der Waals surface area contributed by atoms with Gasteiger partial charge in [-0.1, -0.05) is 27.7 Å². The molecule has 0 saturated heterocycles. The first-order valence-corrected chi connectivity index (χ1v) is 14.4. The van der Waals surface area contributed by atoms with Crippen LogP contribution >= 0.6 is 0 Å². The Hall–Kier alpha value is -3.86. The number of aryl methyl sites for hydroxylation is 2. The molecular formula is C34H41N5. The fourth-order valence-corrected chi connectivity index (χ4v) is 5.95. The van der Waals surface area contributed by atoms with Gasteiger partial charge in [0.25, 0.3) is 0 Å². The smallest absolute Gasteiger partial charge is 0.0829 e. The molecule has 1 aromatic heterocycles. The molecule has 3 N–H and O–H groups in total. The molecule has 0 aliphatic carbocycles. The van der Waals surface area contributed by atoms with E-state index in [0.29, 0.717) is 0 Å². The summed E-state index contributed by atoms with van der Waals surface area (Å²) in [5, 5.41) is 9.40. The van der Waals surface area contributed by atoms with E-state index in [4.69, 9.17) is 9.98 Å². The summed E-state index contributed by atoms with van der Waals surface area (Å²) in [4.78, 5) is 14.0. The topological polar surface area (TPSA) is 64.6 Å². The quantitative estimate of drug-likeness (QED) is 0.406. The monoisotopic (exact) mass is 519 g/mol. The summed E-state index contributed by atoms with van der Waals surface area (Å²) in [6, 6.07) is 4.41. The number of hydrogen-bond acceptors (Lipinski definition) is 4. The Bertz CT molecular complexity index is 1660. The summed E-state index contributed by atoms with van der Waals surface area (Å²) in [5.41, 5.74) is 16.4. The van der Waals surface area contributed by atoms with Crippen LogP contribution in [0, 0.1) is 20.8 Å². The summed E-state index contributed by atoms with van der Waals surface area (Å²) in [7, 11) is 0. The second-order valence-corrected chi connectivity index (χ2v) is 10.6. The minimum Gasteiger partial charge on any atom is -0.358 e. The normalized spacial score (nSPS) is 16.8. The summed E-state index contributed by atoms with van der Waals surface area (Å²) in [6.45, 7) is 17.6. The van der Waals surface area contributed by atoms with Crippen molar-refractivity contribution in [3.05, 3.63) is 91.0 Å². The van der Waals surface area contributed by atoms with Crippen molar-refractivity contribution < 1.29 is 0 Å². The molecule has 0 atom stereocenters. The molecule has 0 spiro atoms. The van der Waals surface area contributed by atoms with Crippen LogP contribution in [0.5, 0.6) is 0 Å². The van der Waals surface area contributed by atoms with Gasteiger partial charge in [-0.25, -0.2) is 9.98 Å². The third-order valence-corrected chi connectivity index (χ3v) is 8.40. The van der Waals surface area contributed by atoms with Crippen molar-refractivity contribution in [2.24, 2.45) is 9.98 Å². The van der Waals surface area contributed by atoms with Crippen LogP contribution in [0.15, 0.2) is 68.1 Å². The van der Waals surface area contributed by atoms with E-state index < -0.39 is 0 Å². The van der Waals surface area contributed by atoms with E-state index in [2.05, 4.69) is 101 Å². The van der Waals surface area contributed by atoms with Crippen molar-refractivity contribution in [3.8, 4) is 0 Å². The van der Waals surface area contributed by atoms with Crippen molar-refractivity contribution in [3.63, 3.8) is 0 Å². The Kier molecular flexibility index (Phi) is 7.35. The molecular weight excluding hydrogens is 478 g/mol. The van der Waals surface area contributed by atoms with Crippen molar-refractivity contribution in [1.29, 1.82) is 0 Å². The Morgan fingerprint density at radius 3 is 1.82 bits per heavy atom. The van der Waals surface area contributed by atoms with Crippen LogP contribution in [-0.4, -0.2) is 16.4 Å². The molecule has 5 nitrogen and oxygen atoms in total. The zero-order valence-corrected chi connectivity index (χ0v) is 24.7. The molecule has 0 amide bonds. The Balaban J connectivity index is 1.80. The summed E-state index contributed by atoms with van der Waals surface area (Å²) in [6.07, 6.45) is 12.4. The average Bonchev–Trinajstić information content (AvgIpc) is 3.52. The van der Waals surface area contributed by atoms with Crippen LogP contribution in [0.3, 0.4) is 0 Å². The van der Waals surface area contributed by atoms with E-state index in [1.54, 1.807) is 0 Å². The van der Waals surface area contributed by atoms with Crippen LogP contribution in [0.2, 0.25) is 0 Å². The van der Waals surface area contributed by atoms with Crippen molar-refractivity contribution in [2.45, 2.75) is 81.1 Å². The van der Waals surface area contributed by atoms with Gasteiger partial charge in [-0.15, -0.1) is 0 Å². The number of hydrogen-bond donors (Lipinski definition) is 3. The van der Waals surface area contributed by atoms with Crippen LogP contribution in [-0.2, 0) is 6.42 Å². The maximum atomic E-state index is 5.20. The van der Waals surface area contributed by atoms with Crippen LogP contribution < -0.4 is 21.3 Å². The van der Waals surface area contributed by atoms with Gasteiger partial charge < -0.3 is 15.6 Å². The third kappa shape index (κ3) is 4.75. The molecule has 0 fully saturated rings. The van der Waals surface area contributed by atoms with Gasteiger partial charge in [0.1, 0.15) is 0 Å². The van der Waals surface area contributed by atoms with E-state index in [-0.39, 0.29) is 0 Å². The number of aliphatic imine (C=N–C) groups is 2. The lowest BCUT2D eigenvalue weighted by atomic mass is 9.97. The largest absolute Gasteiger partial charge is 0.358 e. The number of fused-ring (bicyclic) bond motifs is 5. The lowest BCUT2D eigenvalue weighted by Crippen LogP contribution is -2.15. The van der Waals surface area contributed by atoms with Crippen molar-refractivity contribution in [1.82, 2.24) is 4.98 Å². The number of benzene rings is 1. The van der Waals surface area contributed by atoms with Gasteiger partial charge in [-0.05, 0) is 122 Å². The fraction of sp³-hybridized carbons (Fsp3) is 0.353. The molecule has 3 aliphatic heterocycles. The maximum Gasteiger partial charge on any atom is 0.0829 e. The van der Waals surface area contributed by atoms with Gasteiger partial charge in [0.2, 0.25) is 0 Å². The molecule has 2 aromatic rings.